The lowest BCUT2D eigenvalue weighted by Gasteiger charge is -2.36. The minimum atomic E-state index is -0.813. The summed E-state index contributed by atoms with van der Waals surface area (Å²) in [6.07, 6.45) is 4.10. The summed E-state index contributed by atoms with van der Waals surface area (Å²) in [5, 5.41) is 9.88. The van der Waals surface area contributed by atoms with E-state index in [2.05, 4.69) is 19.9 Å². The standard InChI is InChI=1S/C25H40O6/c1-9-16(5)23(27)29-19-13-15(4)11-10-12-25(8)22(31-25)21(20(19)14(2)3)30-24(28)17(6)18(7)26/h9,11,14,17-22,26H,10,12-13H2,1-8H3. The summed E-state index contributed by atoms with van der Waals surface area (Å²) in [6, 6.07) is 0. The largest absolute Gasteiger partial charge is 0.459 e. The van der Waals surface area contributed by atoms with E-state index >= 15 is 0 Å². The molecule has 1 aliphatic carbocycles. The van der Waals surface area contributed by atoms with Gasteiger partial charge in [0, 0.05) is 17.9 Å². The molecule has 0 amide bonds. The van der Waals surface area contributed by atoms with E-state index in [1.807, 2.05) is 13.8 Å². The molecule has 0 saturated carbocycles. The van der Waals surface area contributed by atoms with Crippen LogP contribution in [-0.4, -0.2) is 47.1 Å². The first-order chi connectivity index (χ1) is 14.4. The molecular formula is C25H40O6. The average Bonchev–Trinajstić information content (AvgIpc) is 3.35. The second-order valence-corrected chi connectivity index (χ2v) is 9.81. The van der Waals surface area contributed by atoms with Gasteiger partial charge in [-0.3, -0.25) is 4.79 Å². The third-order valence-corrected chi connectivity index (χ3v) is 6.84. The molecule has 0 radical (unpaired) electrons. The van der Waals surface area contributed by atoms with Crippen LogP contribution in [0.3, 0.4) is 0 Å². The highest BCUT2D eigenvalue weighted by molar-refractivity contribution is 5.87. The van der Waals surface area contributed by atoms with Gasteiger partial charge in [0.1, 0.15) is 18.3 Å². The van der Waals surface area contributed by atoms with Crippen molar-refractivity contribution in [1.29, 1.82) is 0 Å². The second kappa shape index (κ2) is 10.3. The monoisotopic (exact) mass is 436 g/mol. The highest BCUT2D eigenvalue weighted by Gasteiger charge is 2.60. The quantitative estimate of drug-likeness (QED) is 0.288. The fourth-order valence-electron chi connectivity index (χ4n) is 4.28. The van der Waals surface area contributed by atoms with Crippen molar-refractivity contribution in [1.82, 2.24) is 0 Å². The van der Waals surface area contributed by atoms with Crippen molar-refractivity contribution in [2.24, 2.45) is 17.8 Å². The Labute approximate surface area is 187 Å². The molecule has 2 rings (SSSR count). The maximum absolute atomic E-state index is 12.8. The Balaban J connectivity index is 2.45. The molecule has 31 heavy (non-hydrogen) atoms. The van der Waals surface area contributed by atoms with E-state index in [0.29, 0.717) is 12.0 Å². The molecule has 6 heteroatoms. The molecule has 6 nitrogen and oxygen atoms in total. The lowest BCUT2D eigenvalue weighted by Crippen LogP contribution is -2.46. The minimum Gasteiger partial charge on any atom is -0.459 e. The second-order valence-electron chi connectivity index (χ2n) is 9.81. The fraction of sp³-hybridized carbons (Fsp3) is 0.760. The van der Waals surface area contributed by atoms with Gasteiger partial charge in [0.25, 0.3) is 0 Å². The summed E-state index contributed by atoms with van der Waals surface area (Å²) in [6.45, 7) is 15.0. The zero-order chi connectivity index (χ0) is 23.5. The van der Waals surface area contributed by atoms with Crippen molar-refractivity contribution in [2.45, 2.75) is 105 Å². The summed E-state index contributed by atoms with van der Waals surface area (Å²) in [7, 11) is 0. The van der Waals surface area contributed by atoms with Crippen LogP contribution >= 0.6 is 0 Å². The summed E-state index contributed by atoms with van der Waals surface area (Å²) in [5.41, 5.74) is 1.31. The van der Waals surface area contributed by atoms with Gasteiger partial charge in [-0.15, -0.1) is 0 Å². The number of esters is 2. The number of hydrogen-bond acceptors (Lipinski definition) is 6. The number of fused-ring (bicyclic) bond motifs is 1. The number of allylic oxidation sites excluding steroid dienone is 2. The Morgan fingerprint density at radius 1 is 1.26 bits per heavy atom. The van der Waals surface area contributed by atoms with E-state index in [1.165, 1.54) is 0 Å². The van der Waals surface area contributed by atoms with Gasteiger partial charge in [0.05, 0.1) is 17.6 Å². The third kappa shape index (κ3) is 6.19. The number of epoxide rings is 1. The van der Waals surface area contributed by atoms with E-state index in [4.69, 9.17) is 14.2 Å². The van der Waals surface area contributed by atoms with Crippen LogP contribution in [0, 0.1) is 17.8 Å². The van der Waals surface area contributed by atoms with Gasteiger partial charge in [-0.1, -0.05) is 31.6 Å². The highest BCUT2D eigenvalue weighted by Crippen LogP contribution is 2.48. The van der Waals surface area contributed by atoms with Crippen LogP contribution in [0.4, 0.5) is 0 Å². The Bertz CT molecular complexity index is 722. The summed E-state index contributed by atoms with van der Waals surface area (Å²) >= 11 is 0. The molecule has 1 heterocycles. The van der Waals surface area contributed by atoms with E-state index in [1.54, 1.807) is 33.8 Å². The van der Waals surface area contributed by atoms with E-state index < -0.39 is 30.2 Å². The Kier molecular flexibility index (Phi) is 8.51. The van der Waals surface area contributed by atoms with E-state index in [0.717, 1.165) is 18.4 Å². The summed E-state index contributed by atoms with van der Waals surface area (Å²) in [4.78, 5) is 25.5. The first-order valence-electron chi connectivity index (χ1n) is 11.5. The van der Waals surface area contributed by atoms with Gasteiger partial charge < -0.3 is 19.3 Å². The highest BCUT2D eigenvalue weighted by atomic mass is 16.6. The number of aliphatic hydroxyl groups excluding tert-OH is 1. The van der Waals surface area contributed by atoms with Gasteiger partial charge in [0.2, 0.25) is 0 Å². The maximum Gasteiger partial charge on any atom is 0.333 e. The van der Waals surface area contributed by atoms with Crippen LogP contribution in [0.15, 0.2) is 23.3 Å². The molecule has 0 bridgehead atoms. The number of hydrogen-bond donors (Lipinski definition) is 1. The van der Waals surface area contributed by atoms with Crippen LogP contribution in [0.5, 0.6) is 0 Å². The number of carbonyl (C=O) groups excluding carboxylic acids is 2. The number of aliphatic hydroxyl groups is 1. The van der Waals surface area contributed by atoms with Gasteiger partial charge in [0.15, 0.2) is 0 Å². The minimum absolute atomic E-state index is 0.0732. The fourth-order valence-corrected chi connectivity index (χ4v) is 4.28. The number of rotatable bonds is 6. The lowest BCUT2D eigenvalue weighted by molar-refractivity contribution is -0.169. The van der Waals surface area contributed by atoms with Gasteiger partial charge in [-0.05, 0) is 60.3 Å². The van der Waals surface area contributed by atoms with Crippen molar-refractivity contribution < 1.29 is 28.9 Å². The van der Waals surface area contributed by atoms with Crippen molar-refractivity contribution in [2.75, 3.05) is 0 Å². The van der Waals surface area contributed by atoms with E-state index in [9.17, 15) is 14.7 Å². The first kappa shape index (κ1) is 25.6. The molecule has 1 aliphatic heterocycles. The molecule has 176 valence electrons. The first-order valence-corrected chi connectivity index (χ1v) is 11.5. The zero-order valence-corrected chi connectivity index (χ0v) is 20.3. The van der Waals surface area contributed by atoms with E-state index in [-0.39, 0.29) is 29.5 Å². The van der Waals surface area contributed by atoms with Crippen LogP contribution in [0.2, 0.25) is 0 Å². The Hall–Kier alpha value is -1.66. The average molecular weight is 437 g/mol. The van der Waals surface area contributed by atoms with Crippen molar-refractivity contribution in [3.63, 3.8) is 0 Å². The molecule has 1 fully saturated rings. The normalized spacial score (nSPS) is 33.6. The molecule has 7 unspecified atom stereocenters. The number of ether oxygens (including phenoxy) is 3. The molecule has 1 saturated heterocycles. The molecule has 0 spiro atoms. The van der Waals surface area contributed by atoms with Gasteiger partial charge in [-0.25, -0.2) is 4.79 Å². The van der Waals surface area contributed by atoms with Crippen molar-refractivity contribution in [3.05, 3.63) is 23.3 Å². The Morgan fingerprint density at radius 2 is 1.90 bits per heavy atom. The molecule has 2 aliphatic rings. The topological polar surface area (TPSA) is 85.4 Å². The van der Waals surface area contributed by atoms with Crippen LogP contribution in [0.1, 0.15) is 74.7 Å². The number of carbonyl (C=O) groups is 2. The third-order valence-electron chi connectivity index (χ3n) is 6.84. The molecule has 0 aromatic heterocycles. The summed E-state index contributed by atoms with van der Waals surface area (Å²) < 4.78 is 18.1. The van der Waals surface area contributed by atoms with Crippen LogP contribution < -0.4 is 0 Å². The summed E-state index contributed by atoms with van der Waals surface area (Å²) in [5.74, 6) is -1.63. The molecule has 1 N–H and O–H groups in total. The predicted octanol–water partition coefficient (Wildman–Crippen LogP) is 4.35. The zero-order valence-electron chi connectivity index (χ0n) is 20.3. The molecular weight excluding hydrogens is 396 g/mol. The van der Waals surface area contributed by atoms with Crippen molar-refractivity contribution in [3.8, 4) is 0 Å². The SMILES string of the molecule is CC=C(C)C(=O)OC1CC(C)=CCCC2(C)OC2C(OC(=O)C(C)C(C)O)C1C(C)C. The maximum atomic E-state index is 12.8. The van der Waals surface area contributed by atoms with Crippen LogP contribution in [0.25, 0.3) is 0 Å². The smallest absolute Gasteiger partial charge is 0.333 e. The van der Waals surface area contributed by atoms with Gasteiger partial charge in [-0.2, -0.15) is 0 Å². The van der Waals surface area contributed by atoms with Crippen molar-refractivity contribution >= 4 is 11.9 Å². The Morgan fingerprint density at radius 3 is 2.45 bits per heavy atom. The molecule has 0 aromatic carbocycles. The lowest BCUT2D eigenvalue weighted by atomic mass is 9.78. The predicted molar refractivity (Wildman–Crippen MR) is 119 cm³/mol. The van der Waals surface area contributed by atoms with Crippen LogP contribution in [-0.2, 0) is 23.8 Å². The molecule has 7 atom stereocenters. The molecule has 0 aromatic rings. The van der Waals surface area contributed by atoms with Gasteiger partial charge >= 0.3 is 11.9 Å².